The third-order valence-corrected chi connectivity index (χ3v) is 12.7. The summed E-state index contributed by atoms with van der Waals surface area (Å²) in [7, 11) is -8.92. The molecule has 32 heavy (non-hydrogen) atoms. The fourth-order valence-electron chi connectivity index (χ4n) is 4.03. The predicted molar refractivity (Wildman–Crippen MR) is 146 cm³/mol. The van der Waals surface area contributed by atoms with Crippen molar-refractivity contribution in [3.05, 3.63) is 57.7 Å². The van der Waals surface area contributed by atoms with Crippen LogP contribution in [0.2, 0.25) is 0 Å². The average Bonchev–Trinajstić information content (AvgIpc) is 2.73. The van der Waals surface area contributed by atoms with Crippen LogP contribution in [0.3, 0.4) is 0 Å². The van der Waals surface area contributed by atoms with Gasteiger partial charge in [0.15, 0.2) is 0 Å². The van der Waals surface area contributed by atoms with Gasteiger partial charge in [0.1, 0.15) is 20.8 Å². The molecule has 3 aromatic carbocycles. The zero-order valence-corrected chi connectivity index (χ0v) is 24.7. The molecule has 4 rings (SSSR count). The number of hydrogen-bond acceptors (Lipinski definition) is 6. The second kappa shape index (κ2) is 9.09. The van der Waals surface area contributed by atoms with E-state index < -0.39 is 20.2 Å². The lowest BCUT2D eigenvalue weighted by atomic mass is 9.89. The highest BCUT2D eigenvalue weighted by Gasteiger charge is 2.31. The molecule has 0 atom stereocenters. The summed E-state index contributed by atoms with van der Waals surface area (Å²) in [6, 6.07) is 8.81. The summed E-state index contributed by atoms with van der Waals surface area (Å²) in [4.78, 5) is -0.190. The maximum Gasteiger partial charge on any atom is 0.341 e. The van der Waals surface area contributed by atoms with Crippen LogP contribution in [0.4, 0.5) is 0 Å². The molecule has 0 aliphatic heterocycles. The van der Waals surface area contributed by atoms with E-state index in [4.69, 9.17) is 4.18 Å². The Morgan fingerprint density at radius 3 is 2.03 bits per heavy atom. The first-order valence-corrected chi connectivity index (χ1v) is 15.6. The van der Waals surface area contributed by atoms with E-state index in [0.29, 0.717) is 36.7 Å². The van der Waals surface area contributed by atoms with Crippen LogP contribution in [0.1, 0.15) is 29.5 Å². The summed E-state index contributed by atoms with van der Waals surface area (Å²) in [6.07, 6.45) is 2.33. The van der Waals surface area contributed by atoms with Gasteiger partial charge in [-0.2, -0.15) is 8.42 Å². The molecule has 0 saturated heterocycles. The highest BCUT2D eigenvalue weighted by molar-refractivity contribution is 14.1. The van der Waals surface area contributed by atoms with Gasteiger partial charge in [0.25, 0.3) is 0 Å². The van der Waals surface area contributed by atoms with Crippen LogP contribution in [-0.2, 0) is 33.1 Å². The first-order valence-electron chi connectivity index (χ1n) is 9.54. The molecule has 170 valence electrons. The summed E-state index contributed by atoms with van der Waals surface area (Å²) in [6.45, 7) is 1.56. The van der Waals surface area contributed by atoms with Gasteiger partial charge in [-0.05, 0) is 128 Å². The van der Waals surface area contributed by atoms with Crippen LogP contribution >= 0.6 is 67.8 Å². The molecule has 0 bridgehead atoms. The molecule has 3 aromatic rings. The standard InChI is InChI=1S/C21H17I3O6S2/c1-11-10-16(31(25,26)27)12-6-2-5-9-15(12)20(11)30-32(28,29)21-18(23)14-8-4-3-7-13(14)17(22)19(21)24/h3-4,7-8,10H,2,5-6,9H2,1H3,(H,25,26,27)/p-1. The van der Waals surface area contributed by atoms with Crippen molar-refractivity contribution in [1.82, 2.24) is 0 Å². The zero-order valence-electron chi connectivity index (χ0n) is 16.6. The van der Waals surface area contributed by atoms with Crippen molar-refractivity contribution >= 4 is 98.8 Å². The number of fused-ring (bicyclic) bond motifs is 2. The van der Waals surface area contributed by atoms with Gasteiger partial charge in [-0.25, -0.2) is 8.42 Å². The molecule has 0 amide bonds. The average molecular weight is 809 g/mol. The largest absolute Gasteiger partial charge is 0.744 e. The van der Waals surface area contributed by atoms with Crippen LogP contribution in [0.5, 0.6) is 5.75 Å². The van der Waals surface area contributed by atoms with Crippen molar-refractivity contribution in [2.24, 2.45) is 0 Å². The van der Waals surface area contributed by atoms with E-state index in [2.05, 4.69) is 22.6 Å². The van der Waals surface area contributed by atoms with Crippen molar-refractivity contribution in [1.29, 1.82) is 0 Å². The van der Waals surface area contributed by atoms with Gasteiger partial charge in [-0.3, -0.25) is 0 Å². The van der Waals surface area contributed by atoms with Gasteiger partial charge >= 0.3 is 10.1 Å². The summed E-state index contributed by atoms with van der Waals surface area (Å²) >= 11 is 6.19. The molecule has 1 aliphatic carbocycles. The Bertz CT molecular complexity index is 1480. The summed E-state index contributed by atoms with van der Waals surface area (Å²) in [5.74, 6) is 0.127. The SMILES string of the molecule is Cc1cc(S(=O)(=O)[O-])c2c(c1OS(=O)(=O)c1c(I)c(I)c3ccccc3c1I)CCCC2. The third-order valence-electron chi connectivity index (χ3n) is 5.45. The fourth-order valence-corrected chi connectivity index (χ4v) is 10.4. The van der Waals surface area contributed by atoms with Gasteiger partial charge in [0, 0.05) is 12.7 Å². The van der Waals surface area contributed by atoms with Gasteiger partial charge in [0.2, 0.25) is 0 Å². The van der Waals surface area contributed by atoms with Crippen molar-refractivity contribution in [2.45, 2.75) is 42.4 Å². The number of rotatable bonds is 4. The summed E-state index contributed by atoms with van der Waals surface area (Å²) in [5.41, 5.74) is 1.18. The van der Waals surface area contributed by atoms with Crippen LogP contribution in [0.25, 0.3) is 10.8 Å². The Labute approximate surface area is 227 Å². The molecule has 0 saturated carbocycles. The van der Waals surface area contributed by atoms with Crippen LogP contribution < -0.4 is 4.18 Å². The lowest BCUT2D eigenvalue weighted by Gasteiger charge is -2.25. The van der Waals surface area contributed by atoms with Gasteiger partial charge < -0.3 is 8.74 Å². The van der Waals surface area contributed by atoms with Crippen molar-refractivity contribution in [3.63, 3.8) is 0 Å². The highest BCUT2D eigenvalue weighted by atomic mass is 127. The van der Waals surface area contributed by atoms with E-state index in [1.54, 1.807) is 6.92 Å². The Morgan fingerprint density at radius 1 is 0.875 bits per heavy atom. The van der Waals surface area contributed by atoms with Crippen LogP contribution in [0.15, 0.2) is 40.1 Å². The van der Waals surface area contributed by atoms with E-state index in [9.17, 15) is 21.4 Å². The third kappa shape index (κ3) is 4.41. The fraction of sp³-hybridized carbons (Fsp3) is 0.238. The van der Waals surface area contributed by atoms with E-state index >= 15 is 0 Å². The maximum absolute atomic E-state index is 13.5. The van der Waals surface area contributed by atoms with Crippen molar-refractivity contribution < 1.29 is 25.6 Å². The first-order chi connectivity index (χ1) is 14.9. The molecule has 0 N–H and O–H groups in total. The smallest absolute Gasteiger partial charge is 0.341 e. The van der Waals surface area contributed by atoms with Crippen molar-refractivity contribution in [2.75, 3.05) is 0 Å². The molecule has 0 unspecified atom stereocenters. The Kier molecular flexibility index (Phi) is 7.07. The quantitative estimate of drug-likeness (QED) is 0.149. The van der Waals surface area contributed by atoms with E-state index in [1.807, 2.05) is 69.4 Å². The van der Waals surface area contributed by atoms with Gasteiger partial charge in [0.05, 0.1) is 8.47 Å². The Hall–Kier alpha value is -0.230. The van der Waals surface area contributed by atoms with Crippen molar-refractivity contribution in [3.8, 4) is 5.75 Å². The minimum atomic E-state index is -4.68. The number of aryl methyl sites for hydroxylation is 1. The molecule has 0 spiro atoms. The normalized spacial score (nSPS) is 14.4. The zero-order chi connectivity index (χ0) is 23.4. The second-order valence-corrected chi connectivity index (χ2v) is 13.6. The van der Waals surface area contributed by atoms with Crippen LogP contribution in [-0.4, -0.2) is 21.4 Å². The lowest BCUT2D eigenvalue weighted by molar-refractivity contribution is 0.459. The van der Waals surface area contributed by atoms with E-state index in [0.717, 1.165) is 27.2 Å². The molecule has 0 radical (unpaired) electrons. The molecule has 0 fully saturated rings. The molecular formula is C21H16I3O6S2-. The second-order valence-electron chi connectivity index (χ2n) is 7.49. The number of halogens is 3. The summed E-state index contributed by atoms with van der Waals surface area (Å²) in [5, 5.41) is 1.77. The molecule has 1 aliphatic rings. The molecule has 6 nitrogen and oxygen atoms in total. The maximum atomic E-state index is 13.5. The highest BCUT2D eigenvalue weighted by Crippen LogP contribution is 2.41. The van der Waals surface area contributed by atoms with Gasteiger partial charge in [-0.1, -0.05) is 24.3 Å². The van der Waals surface area contributed by atoms with E-state index in [-0.39, 0.29) is 15.5 Å². The first kappa shape index (κ1) is 24.9. The Balaban J connectivity index is 1.93. The Morgan fingerprint density at radius 2 is 1.44 bits per heavy atom. The van der Waals surface area contributed by atoms with Crippen LogP contribution in [0, 0.1) is 17.6 Å². The molecule has 0 heterocycles. The minimum absolute atomic E-state index is 0.0892. The minimum Gasteiger partial charge on any atom is -0.744 e. The molecule has 0 aromatic heterocycles. The topological polar surface area (TPSA) is 101 Å². The lowest BCUT2D eigenvalue weighted by Crippen LogP contribution is -2.19. The molecular weight excluding hydrogens is 793 g/mol. The predicted octanol–water partition coefficient (Wildman–Crippen LogP) is 5.51. The number of benzene rings is 3. The summed E-state index contributed by atoms with van der Waals surface area (Å²) < 4.78 is 70.2. The number of hydrogen-bond donors (Lipinski definition) is 0. The monoisotopic (exact) mass is 809 g/mol. The van der Waals surface area contributed by atoms with E-state index in [1.165, 1.54) is 6.07 Å². The van der Waals surface area contributed by atoms with Gasteiger partial charge in [-0.15, -0.1) is 0 Å². The molecule has 11 heteroatoms.